The fraction of sp³-hybridized carbons (Fsp3) is 0. The number of rotatable bonds is 1. The van der Waals surface area contributed by atoms with Crippen molar-refractivity contribution in [1.29, 1.82) is 0 Å². The molecule has 0 atom stereocenters. The third-order valence-electron chi connectivity index (χ3n) is 7.42. The Kier molecular flexibility index (Phi) is 3.72. The van der Waals surface area contributed by atoms with Crippen molar-refractivity contribution in [2.75, 3.05) is 0 Å². The van der Waals surface area contributed by atoms with Crippen molar-refractivity contribution < 1.29 is 4.42 Å². The summed E-state index contributed by atoms with van der Waals surface area (Å²) in [7, 11) is 0. The molecule has 0 amide bonds. The van der Waals surface area contributed by atoms with Crippen LogP contribution < -0.4 is 0 Å². The zero-order valence-electron chi connectivity index (χ0n) is 19.0. The Labute approximate surface area is 201 Å². The summed E-state index contributed by atoms with van der Waals surface area (Å²) in [6.45, 7) is 0. The topological polar surface area (TPSA) is 13.1 Å². The van der Waals surface area contributed by atoms with Crippen LogP contribution in [0.1, 0.15) is 0 Å². The van der Waals surface area contributed by atoms with Crippen LogP contribution in [0.4, 0.5) is 0 Å². The van der Waals surface area contributed by atoms with Crippen LogP contribution >= 0.6 is 0 Å². The lowest BCUT2D eigenvalue weighted by Gasteiger charge is -2.14. The van der Waals surface area contributed by atoms with Crippen LogP contribution in [0.3, 0.4) is 0 Å². The molecule has 0 unspecified atom stereocenters. The zero-order valence-corrected chi connectivity index (χ0v) is 19.0. The second kappa shape index (κ2) is 6.94. The summed E-state index contributed by atoms with van der Waals surface area (Å²) in [6.07, 6.45) is 0. The molecule has 7 aromatic carbocycles. The van der Waals surface area contributed by atoms with Gasteiger partial charge in [-0.2, -0.15) is 0 Å². The third kappa shape index (κ3) is 2.64. The lowest BCUT2D eigenvalue weighted by molar-refractivity contribution is 0.669. The van der Waals surface area contributed by atoms with Gasteiger partial charge in [-0.3, -0.25) is 0 Å². The van der Waals surface area contributed by atoms with Gasteiger partial charge in [0.15, 0.2) is 0 Å². The van der Waals surface area contributed by atoms with Gasteiger partial charge in [-0.1, -0.05) is 97.1 Å². The molecule has 0 aliphatic heterocycles. The molecule has 8 aromatic rings. The molecule has 1 heteroatoms. The van der Waals surface area contributed by atoms with Gasteiger partial charge in [0, 0.05) is 10.8 Å². The second-order valence-corrected chi connectivity index (χ2v) is 9.33. The summed E-state index contributed by atoms with van der Waals surface area (Å²) >= 11 is 0. The minimum Gasteiger partial charge on any atom is -0.456 e. The summed E-state index contributed by atoms with van der Waals surface area (Å²) in [5, 5.41) is 12.5. The highest BCUT2D eigenvalue weighted by molar-refractivity contribution is 6.22. The van der Waals surface area contributed by atoms with Crippen LogP contribution in [0.25, 0.3) is 76.2 Å². The SMILES string of the molecule is c1ccc2c(-c3ccc4oc5ccc6ccccc6c5c4c3)c3ccc4ccccc4c3cc2c1. The lowest BCUT2D eigenvalue weighted by atomic mass is 9.89. The summed E-state index contributed by atoms with van der Waals surface area (Å²) in [5.74, 6) is 0. The van der Waals surface area contributed by atoms with Crippen molar-refractivity contribution in [3.63, 3.8) is 0 Å². The number of hydrogen-bond donors (Lipinski definition) is 0. The van der Waals surface area contributed by atoms with Crippen molar-refractivity contribution in [3.8, 4) is 11.1 Å². The molecule has 162 valence electrons. The van der Waals surface area contributed by atoms with Gasteiger partial charge in [0.1, 0.15) is 11.2 Å². The first-order valence-electron chi connectivity index (χ1n) is 12.0. The van der Waals surface area contributed by atoms with Gasteiger partial charge < -0.3 is 4.42 Å². The van der Waals surface area contributed by atoms with E-state index in [0.717, 1.165) is 16.6 Å². The Morgan fingerprint density at radius 2 is 1.03 bits per heavy atom. The Morgan fingerprint density at radius 3 is 1.89 bits per heavy atom. The molecule has 8 rings (SSSR count). The highest BCUT2D eigenvalue weighted by Gasteiger charge is 2.15. The van der Waals surface area contributed by atoms with E-state index in [9.17, 15) is 0 Å². The van der Waals surface area contributed by atoms with E-state index in [1.165, 1.54) is 59.6 Å². The number of hydrogen-bond acceptors (Lipinski definition) is 1. The largest absolute Gasteiger partial charge is 0.456 e. The molecule has 0 bridgehead atoms. The molecule has 35 heavy (non-hydrogen) atoms. The van der Waals surface area contributed by atoms with E-state index in [-0.39, 0.29) is 0 Å². The average Bonchev–Trinajstić information content (AvgIpc) is 3.30. The average molecular weight is 445 g/mol. The first-order valence-corrected chi connectivity index (χ1v) is 12.0. The van der Waals surface area contributed by atoms with E-state index in [1.54, 1.807) is 0 Å². The van der Waals surface area contributed by atoms with Crippen molar-refractivity contribution in [3.05, 3.63) is 121 Å². The van der Waals surface area contributed by atoms with Gasteiger partial charge >= 0.3 is 0 Å². The van der Waals surface area contributed by atoms with Gasteiger partial charge in [0.25, 0.3) is 0 Å². The van der Waals surface area contributed by atoms with Crippen LogP contribution in [0.15, 0.2) is 126 Å². The third-order valence-corrected chi connectivity index (χ3v) is 7.42. The van der Waals surface area contributed by atoms with E-state index in [4.69, 9.17) is 4.42 Å². The summed E-state index contributed by atoms with van der Waals surface area (Å²) in [6, 6.07) is 43.7. The molecule has 0 spiro atoms. The second-order valence-electron chi connectivity index (χ2n) is 9.33. The molecule has 1 aromatic heterocycles. The summed E-state index contributed by atoms with van der Waals surface area (Å²) in [4.78, 5) is 0. The maximum Gasteiger partial charge on any atom is 0.136 e. The zero-order chi connectivity index (χ0) is 22.9. The van der Waals surface area contributed by atoms with Crippen molar-refractivity contribution in [2.45, 2.75) is 0 Å². The Bertz CT molecular complexity index is 2110. The molecule has 0 saturated heterocycles. The fourth-order valence-corrected chi connectivity index (χ4v) is 5.83. The number of fused-ring (bicyclic) bond motifs is 9. The van der Waals surface area contributed by atoms with Gasteiger partial charge in [0.2, 0.25) is 0 Å². The van der Waals surface area contributed by atoms with Crippen molar-refractivity contribution in [2.24, 2.45) is 0 Å². The van der Waals surface area contributed by atoms with Crippen LogP contribution in [0.2, 0.25) is 0 Å². The van der Waals surface area contributed by atoms with E-state index in [0.29, 0.717) is 0 Å². The van der Waals surface area contributed by atoms with Crippen molar-refractivity contribution in [1.82, 2.24) is 0 Å². The van der Waals surface area contributed by atoms with Crippen LogP contribution in [-0.4, -0.2) is 0 Å². The Hall–Kier alpha value is -4.62. The minimum atomic E-state index is 0.926. The lowest BCUT2D eigenvalue weighted by Crippen LogP contribution is -1.87. The van der Waals surface area contributed by atoms with Crippen LogP contribution in [-0.2, 0) is 0 Å². The normalized spacial score (nSPS) is 12.0. The molecule has 1 nitrogen and oxygen atoms in total. The highest BCUT2D eigenvalue weighted by Crippen LogP contribution is 2.42. The first-order chi connectivity index (χ1) is 17.3. The maximum atomic E-state index is 6.28. The van der Waals surface area contributed by atoms with Gasteiger partial charge in [-0.25, -0.2) is 0 Å². The predicted octanol–water partition coefficient (Wildman–Crippen LogP) is 9.87. The van der Waals surface area contributed by atoms with E-state index < -0.39 is 0 Å². The molecule has 0 N–H and O–H groups in total. The number of benzene rings is 7. The molecule has 0 fully saturated rings. The Balaban J connectivity index is 1.54. The van der Waals surface area contributed by atoms with Gasteiger partial charge in [0.05, 0.1) is 0 Å². The van der Waals surface area contributed by atoms with Crippen LogP contribution in [0, 0.1) is 0 Å². The van der Waals surface area contributed by atoms with E-state index in [1.807, 2.05) is 0 Å². The smallest absolute Gasteiger partial charge is 0.136 e. The van der Waals surface area contributed by atoms with E-state index in [2.05, 4.69) is 121 Å². The first kappa shape index (κ1) is 18.8. The molecule has 0 saturated carbocycles. The fourth-order valence-electron chi connectivity index (χ4n) is 5.83. The number of furan rings is 1. The molecule has 0 radical (unpaired) electrons. The Morgan fingerprint density at radius 1 is 0.371 bits per heavy atom. The maximum absolute atomic E-state index is 6.28. The highest BCUT2D eigenvalue weighted by atomic mass is 16.3. The monoisotopic (exact) mass is 444 g/mol. The molecular formula is C34H20O. The summed E-state index contributed by atoms with van der Waals surface area (Å²) in [5.41, 5.74) is 4.35. The van der Waals surface area contributed by atoms with Crippen molar-refractivity contribution >= 4 is 65.0 Å². The predicted molar refractivity (Wildman–Crippen MR) is 149 cm³/mol. The molecular weight excluding hydrogens is 424 g/mol. The summed E-state index contributed by atoms with van der Waals surface area (Å²) < 4.78 is 6.28. The van der Waals surface area contributed by atoms with Crippen LogP contribution in [0.5, 0.6) is 0 Å². The quantitative estimate of drug-likeness (QED) is 0.181. The van der Waals surface area contributed by atoms with Gasteiger partial charge in [-0.05, 0) is 78.5 Å². The van der Waals surface area contributed by atoms with Gasteiger partial charge in [-0.15, -0.1) is 0 Å². The molecule has 0 aliphatic carbocycles. The molecule has 0 aliphatic rings. The molecule has 1 heterocycles. The van der Waals surface area contributed by atoms with E-state index >= 15 is 0 Å². The minimum absolute atomic E-state index is 0.926. The standard InChI is InChI=1S/C34H20O/c1-4-10-25-21(7-1)13-16-28-29(25)19-23-9-3-6-12-27(23)33(28)24-15-17-31-30(20-24)34-26-11-5-2-8-22(26)14-18-32(34)35-31/h1-20H.